The lowest BCUT2D eigenvalue weighted by atomic mass is 9.91. The number of rotatable bonds is 7. The van der Waals surface area contributed by atoms with E-state index >= 15 is 0 Å². The van der Waals surface area contributed by atoms with Crippen LogP contribution in [0.4, 0.5) is 0 Å². The van der Waals surface area contributed by atoms with Crippen molar-refractivity contribution in [3.63, 3.8) is 0 Å². The second kappa shape index (κ2) is 7.09. The first kappa shape index (κ1) is 17.4. The maximum atomic E-state index is 11.6. The fraction of sp³-hybridized carbons (Fsp3) is 0.765. The summed E-state index contributed by atoms with van der Waals surface area (Å²) in [5.41, 5.74) is 0. The van der Waals surface area contributed by atoms with Crippen molar-refractivity contribution in [1.29, 1.82) is 0 Å². The van der Waals surface area contributed by atoms with Crippen molar-refractivity contribution in [2.24, 2.45) is 11.8 Å². The van der Waals surface area contributed by atoms with Crippen LogP contribution in [0.5, 0.6) is 0 Å². The molecule has 22 heavy (non-hydrogen) atoms. The molecule has 0 bridgehead atoms. The maximum Gasteiger partial charge on any atom is 0.306 e. The second-order valence-electron chi connectivity index (χ2n) is 6.58. The van der Waals surface area contributed by atoms with Crippen molar-refractivity contribution >= 4 is 20.1 Å². The zero-order valence-corrected chi connectivity index (χ0v) is 15.1. The Bertz CT molecular complexity index is 447. The molecule has 4 atom stereocenters. The van der Waals surface area contributed by atoms with Crippen LogP contribution in [0, 0.1) is 11.8 Å². The van der Waals surface area contributed by atoms with Crippen LogP contribution in [-0.4, -0.2) is 32.3 Å². The van der Waals surface area contributed by atoms with Crippen LogP contribution in [0.3, 0.4) is 0 Å². The molecule has 0 aromatic carbocycles. The maximum absolute atomic E-state index is 11.6. The van der Waals surface area contributed by atoms with Gasteiger partial charge in [0.1, 0.15) is 6.10 Å². The number of ether oxygens (including phenoxy) is 1. The van der Waals surface area contributed by atoms with Crippen LogP contribution in [0.2, 0.25) is 18.1 Å². The molecule has 2 fully saturated rings. The van der Waals surface area contributed by atoms with Crippen LogP contribution >= 0.6 is 0 Å². The number of carbonyl (C=O) groups excluding carboxylic acids is 2. The van der Waals surface area contributed by atoms with Gasteiger partial charge >= 0.3 is 5.97 Å². The summed E-state index contributed by atoms with van der Waals surface area (Å²) in [4.78, 5) is 22.9. The van der Waals surface area contributed by atoms with Crippen molar-refractivity contribution in [2.75, 3.05) is 0 Å². The predicted molar refractivity (Wildman–Crippen MR) is 88.0 cm³/mol. The van der Waals surface area contributed by atoms with Gasteiger partial charge in [-0.05, 0) is 31.1 Å². The minimum atomic E-state index is -1.70. The van der Waals surface area contributed by atoms with E-state index in [1.165, 1.54) is 0 Å². The topological polar surface area (TPSA) is 52.6 Å². The van der Waals surface area contributed by atoms with E-state index in [1.54, 1.807) is 13.0 Å². The molecule has 5 heteroatoms. The molecule has 1 saturated heterocycles. The van der Waals surface area contributed by atoms with Gasteiger partial charge in [-0.15, -0.1) is 0 Å². The lowest BCUT2D eigenvalue weighted by Gasteiger charge is -2.34. The van der Waals surface area contributed by atoms with Crippen LogP contribution in [0.25, 0.3) is 0 Å². The van der Waals surface area contributed by atoms with E-state index in [9.17, 15) is 9.59 Å². The monoisotopic (exact) mass is 324 g/mol. The van der Waals surface area contributed by atoms with E-state index in [2.05, 4.69) is 20.8 Å². The Kier molecular flexibility index (Phi) is 5.61. The van der Waals surface area contributed by atoms with Crippen LogP contribution in [0.15, 0.2) is 12.2 Å². The van der Waals surface area contributed by atoms with E-state index in [0.29, 0.717) is 6.42 Å². The average molecular weight is 324 g/mol. The Balaban J connectivity index is 2.18. The predicted octanol–water partition coefficient (Wildman–Crippen LogP) is 3.47. The highest BCUT2D eigenvalue weighted by molar-refractivity contribution is 6.73. The van der Waals surface area contributed by atoms with Gasteiger partial charge < -0.3 is 9.16 Å². The molecule has 0 unspecified atom stereocenters. The van der Waals surface area contributed by atoms with Gasteiger partial charge in [-0.1, -0.05) is 26.8 Å². The summed E-state index contributed by atoms with van der Waals surface area (Å²) < 4.78 is 12.1. The standard InChI is InChI=1S/C17H28O4Si/c1-5-22(6-2,7-3)21-16-11-15-14(10-17(19)20-15)13(16)9-8-12(4)18/h8-9,13-16H,5-7,10-11H2,1-4H3/b9-8+/t13-,14-,15+,16-/m1/s1. The molecule has 2 rings (SSSR count). The molecule has 1 saturated carbocycles. The molecule has 1 aliphatic carbocycles. The van der Waals surface area contributed by atoms with Gasteiger partial charge in [0, 0.05) is 18.3 Å². The smallest absolute Gasteiger partial charge is 0.306 e. The van der Waals surface area contributed by atoms with E-state index in [1.807, 2.05) is 6.08 Å². The van der Waals surface area contributed by atoms with Crippen LogP contribution in [0.1, 0.15) is 40.5 Å². The SMILES string of the molecule is CC[Si](CC)(CC)O[C@@H]1C[C@@H]2OC(=O)C[C@@H]2[C@H]1/C=C/C(C)=O. The molecule has 0 aromatic heterocycles. The van der Waals surface area contributed by atoms with E-state index in [0.717, 1.165) is 24.6 Å². The molecule has 1 heterocycles. The first-order chi connectivity index (χ1) is 10.4. The van der Waals surface area contributed by atoms with Crippen molar-refractivity contribution in [2.45, 2.75) is 70.9 Å². The Morgan fingerprint density at radius 1 is 1.32 bits per heavy atom. The number of carbonyl (C=O) groups is 2. The van der Waals surface area contributed by atoms with Gasteiger partial charge in [-0.25, -0.2) is 0 Å². The van der Waals surface area contributed by atoms with Gasteiger partial charge in [-0.2, -0.15) is 0 Å². The highest BCUT2D eigenvalue weighted by Gasteiger charge is 2.51. The minimum absolute atomic E-state index is 0.0311. The Morgan fingerprint density at radius 3 is 2.50 bits per heavy atom. The molecule has 0 radical (unpaired) electrons. The van der Waals surface area contributed by atoms with Gasteiger partial charge in [0.15, 0.2) is 14.1 Å². The van der Waals surface area contributed by atoms with Crippen LogP contribution < -0.4 is 0 Å². The van der Waals surface area contributed by atoms with Crippen molar-refractivity contribution < 1.29 is 18.8 Å². The van der Waals surface area contributed by atoms with Gasteiger partial charge in [0.05, 0.1) is 12.5 Å². The zero-order valence-electron chi connectivity index (χ0n) is 14.1. The summed E-state index contributed by atoms with van der Waals surface area (Å²) in [7, 11) is -1.70. The highest BCUT2D eigenvalue weighted by atomic mass is 28.4. The third-order valence-electron chi connectivity index (χ3n) is 5.44. The molecular formula is C17H28O4Si. The van der Waals surface area contributed by atoms with E-state index < -0.39 is 8.32 Å². The number of fused-ring (bicyclic) bond motifs is 1. The molecule has 1 aliphatic heterocycles. The molecule has 4 nitrogen and oxygen atoms in total. The summed E-state index contributed by atoms with van der Waals surface area (Å²) in [6, 6.07) is 3.32. The third kappa shape index (κ3) is 3.51. The first-order valence-corrected chi connectivity index (χ1v) is 11.0. The van der Waals surface area contributed by atoms with Crippen molar-refractivity contribution in [3.8, 4) is 0 Å². The number of esters is 1. The largest absolute Gasteiger partial charge is 0.462 e. The van der Waals surface area contributed by atoms with Gasteiger partial charge in [-0.3, -0.25) is 9.59 Å². The lowest BCUT2D eigenvalue weighted by molar-refractivity contribution is -0.141. The second-order valence-corrected chi connectivity index (χ2v) is 11.3. The van der Waals surface area contributed by atoms with Crippen molar-refractivity contribution in [3.05, 3.63) is 12.2 Å². The fourth-order valence-corrected chi connectivity index (χ4v) is 6.75. The zero-order chi connectivity index (χ0) is 16.3. The first-order valence-electron chi connectivity index (χ1n) is 8.50. The molecule has 0 aromatic rings. The highest BCUT2D eigenvalue weighted by Crippen LogP contribution is 2.45. The average Bonchev–Trinajstić information content (AvgIpc) is 2.98. The number of allylic oxidation sites excluding steroid dienone is 1. The molecule has 2 aliphatic rings. The van der Waals surface area contributed by atoms with Gasteiger partial charge in [0.2, 0.25) is 0 Å². The normalized spacial score (nSPS) is 31.5. The van der Waals surface area contributed by atoms with E-state index in [-0.39, 0.29) is 35.8 Å². The van der Waals surface area contributed by atoms with Gasteiger partial charge in [0.25, 0.3) is 0 Å². The van der Waals surface area contributed by atoms with Crippen molar-refractivity contribution in [1.82, 2.24) is 0 Å². The number of hydrogen-bond acceptors (Lipinski definition) is 4. The lowest BCUT2D eigenvalue weighted by Crippen LogP contribution is -2.41. The summed E-state index contributed by atoms with van der Waals surface area (Å²) in [6.07, 6.45) is 4.87. The molecule has 0 N–H and O–H groups in total. The molecular weight excluding hydrogens is 296 g/mol. The molecule has 0 spiro atoms. The third-order valence-corrected chi connectivity index (χ3v) is 10.1. The fourth-order valence-electron chi connectivity index (χ4n) is 3.86. The van der Waals surface area contributed by atoms with Crippen LogP contribution in [-0.2, 0) is 18.8 Å². The Hall–Kier alpha value is -0.943. The molecule has 124 valence electrons. The number of ketones is 1. The summed E-state index contributed by atoms with van der Waals surface area (Å²) >= 11 is 0. The summed E-state index contributed by atoms with van der Waals surface area (Å²) in [6.45, 7) is 8.21. The summed E-state index contributed by atoms with van der Waals surface area (Å²) in [5.74, 6) is 0.222. The Morgan fingerprint density at radius 2 is 1.95 bits per heavy atom. The number of hydrogen-bond donors (Lipinski definition) is 0. The molecule has 0 amide bonds. The Labute approximate surface area is 134 Å². The summed E-state index contributed by atoms with van der Waals surface area (Å²) in [5, 5.41) is 0. The minimum Gasteiger partial charge on any atom is -0.462 e. The van der Waals surface area contributed by atoms with E-state index in [4.69, 9.17) is 9.16 Å². The quantitative estimate of drug-likeness (QED) is 0.409.